The van der Waals surface area contributed by atoms with Crippen molar-refractivity contribution in [2.45, 2.75) is 19.9 Å². The molecule has 0 spiro atoms. The van der Waals surface area contributed by atoms with Crippen LogP contribution in [0.1, 0.15) is 18.3 Å². The lowest BCUT2D eigenvalue weighted by molar-refractivity contribution is 0.571. The van der Waals surface area contributed by atoms with Crippen molar-refractivity contribution in [1.82, 2.24) is 25.4 Å². The maximum atomic E-state index is 13.0. The first-order chi connectivity index (χ1) is 13.2. The van der Waals surface area contributed by atoms with Crippen LogP contribution in [0.4, 0.5) is 4.39 Å². The van der Waals surface area contributed by atoms with Gasteiger partial charge in [-0.05, 0) is 37.3 Å². The Morgan fingerprint density at radius 2 is 2.04 bits per heavy atom. The molecular formula is C19H23FN6O. The Hall–Kier alpha value is -3.16. The summed E-state index contributed by atoms with van der Waals surface area (Å²) in [6.07, 6.45) is 4.06. The third-order valence-corrected chi connectivity index (χ3v) is 3.98. The van der Waals surface area contributed by atoms with Crippen molar-refractivity contribution in [3.63, 3.8) is 0 Å². The number of halogens is 1. The minimum atomic E-state index is -0.281. The van der Waals surface area contributed by atoms with Crippen molar-refractivity contribution in [2.24, 2.45) is 12.0 Å². The van der Waals surface area contributed by atoms with Crippen molar-refractivity contribution in [3.8, 4) is 11.5 Å². The Morgan fingerprint density at radius 3 is 2.74 bits per heavy atom. The number of hydrogen-bond donors (Lipinski definition) is 2. The SMILES string of the molecule is CCNC(=NCc1ccnn1C)NCCc1coc(-c2ccc(F)cc2)n1. The van der Waals surface area contributed by atoms with Gasteiger partial charge in [0.1, 0.15) is 12.1 Å². The molecule has 2 heterocycles. The summed E-state index contributed by atoms with van der Waals surface area (Å²) >= 11 is 0. The molecule has 0 aliphatic heterocycles. The van der Waals surface area contributed by atoms with Crippen LogP contribution >= 0.6 is 0 Å². The molecule has 0 atom stereocenters. The van der Waals surface area contributed by atoms with E-state index >= 15 is 0 Å². The molecule has 0 aliphatic rings. The van der Waals surface area contributed by atoms with Gasteiger partial charge in [-0.25, -0.2) is 14.4 Å². The molecule has 1 aromatic carbocycles. The number of nitrogens with zero attached hydrogens (tertiary/aromatic N) is 4. The van der Waals surface area contributed by atoms with E-state index in [0.29, 0.717) is 25.4 Å². The highest BCUT2D eigenvalue weighted by atomic mass is 19.1. The van der Waals surface area contributed by atoms with Gasteiger partial charge < -0.3 is 15.1 Å². The summed E-state index contributed by atoms with van der Waals surface area (Å²) in [5, 5.41) is 10.6. The fourth-order valence-electron chi connectivity index (χ4n) is 2.51. The van der Waals surface area contributed by atoms with Crippen LogP contribution < -0.4 is 10.6 Å². The van der Waals surface area contributed by atoms with Crippen molar-refractivity contribution < 1.29 is 8.81 Å². The lowest BCUT2D eigenvalue weighted by atomic mass is 10.2. The summed E-state index contributed by atoms with van der Waals surface area (Å²) < 4.78 is 20.3. The summed E-state index contributed by atoms with van der Waals surface area (Å²) in [6.45, 7) is 4.00. The second kappa shape index (κ2) is 8.98. The molecule has 27 heavy (non-hydrogen) atoms. The minimum absolute atomic E-state index is 0.281. The number of aliphatic imine (C=N–C) groups is 1. The van der Waals surface area contributed by atoms with E-state index in [4.69, 9.17) is 4.42 Å². The lowest BCUT2D eigenvalue weighted by Gasteiger charge is -2.10. The highest BCUT2D eigenvalue weighted by molar-refractivity contribution is 5.79. The number of aryl methyl sites for hydroxylation is 1. The molecule has 7 nitrogen and oxygen atoms in total. The first-order valence-electron chi connectivity index (χ1n) is 8.85. The second-order valence-corrected chi connectivity index (χ2v) is 5.97. The molecule has 142 valence electrons. The third kappa shape index (κ3) is 5.16. The summed E-state index contributed by atoms with van der Waals surface area (Å²) in [5.74, 6) is 0.943. The molecule has 3 aromatic rings. The molecule has 0 saturated heterocycles. The molecule has 8 heteroatoms. The van der Waals surface area contributed by atoms with E-state index in [1.54, 1.807) is 29.3 Å². The first kappa shape index (κ1) is 18.6. The number of oxazole rings is 1. The maximum Gasteiger partial charge on any atom is 0.226 e. The van der Waals surface area contributed by atoms with Gasteiger partial charge in [-0.1, -0.05) is 0 Å². The lowest BCUT2D eigenvalue weighted by Crippen LogP contribution is -2.38. The number of nitrogens with one attached hydrogen (secondary N) is 2. The van der Waals surface area contributed by atoms with Crippen LogP contribution in [0.2, 0.25) is 0 Å². The fourth-order valence-corrected chi connectivity index (χ4v) is 2.51. The smallest absolute Gasteiger partial charge is 0.226 e. The maximum absolute atomic E-state index is 13.0. The van der Waals surface area contributed by atoms with Crippen LogP contribution in [0.3, 0.4) is 0 Å². The molecule has 0 radical (unpaired) electrons. The molecule has 0 unspecified atom stereocenters. The fraction of sp³-hybridized carbons (Fsp3) is 0.316. The Kier molecular flexibility index (Phi) is 6.19. The number of rotatable bonds is 7. The summed E-state index contributed by atoms with van der Waals surface area (Å²) in [7, 11) is 1.90. The van der Waals surface area contributed by atoms with Gasteiger partial charge in [-0.2, -0.15) is 5.10 Å². The van der Waals surface area contributed by atoms with Crippen molar-refractivity contribution in [1.29, 1.82) is 0 Å². The Bertz CT molecular complexity index is 884. The van der Waals surface area contributed by atoms with Crippen molar-refractivity contribution in [2.75, 3.05) is 13.1 Å². The first-order valence-corrected chi connectivity index (χ1v) is 8.85. The van der Waals surface area contributed by atoms with E-state index in [-0.39, 0.29) is 5.82 Å². The number of hydrogen-bond acceptors (Lipinski definition) is 4. The predicted octanol–water partition coefficient (Wildman–Crippen LogP) is 2.51. The molecule has 3 rings (SSSR count). The monoisotopic (exact) mass is 370 g/mol. The second-order valence-electron chi connectivity index (χ2n) is 5.97. The van der Waals surface area contributed by atoms with E-state index in [9.17, 15) is 4.39 Å². The molecule has 0 amide bonds. The van der Waals surface area contributed by atoms with Crippen LogP contribution in [-0.4, -0.2) is 33.8 Å². The van der Waals surface area contributed by atoms with Gasteiger partial charge in [0.15, 0.2) is 5.96 Å². The summed E-state index contributed by atoms with van der Waals surface area (Å²) in [5.41, 5.74) is 2.61. The Balaban J connectivity index is 1.54. The van der Waals surface area contributed by atoms with Gasteiger partial charge in [-0.15, -0.1) is 0 Å². The average molecular weight is 370 g/mol. The van der Waals surface area contributed by atoms with Crippen LogP contribution in [-0.2, 0) is 20.0 Å². The zero-order valence-electron chi connectivity index (χ0n) is 15.4. The van der Waals surface area contributed by atoms with Crippen LogP contribution in [0.15, 0.2) is 52.2 Å². The highest BCUT2D eigenvalue weighted by Gasteiger charge is 2.07. The molecule has 2 aromatic heterocycles. The largest absolute Gasteiger partial charge is 0.444 e. The molecule has 0 aliphatic carbocycles. The topological polar surface area (TPSA) is 80.3 Å². The Morgan fingerprint density at radius 1 is 1.22 bits per heavy atom. The Labute approximate surface area is 157 Å². The van der Waals surface area contributed by atoms with Crippen LogP contribution in [0, 0.1) is 5.82 Å². The number of guanidine groups is 1. The molecule has 0 bridgehead atoms. The summed E-state index contributed by atoms with van der Waals surface area (Å²) in [6, 6.07) is 8.03. The van der Waals surface area contributed by atoms with E-state index in [2.05, 4.69) is 25.7 Å². The normalized spacial score (nSPS) is 11.6. The molecular weight excluding hydrogens is 347 g/mol. The van der Waals surface area contributed by atoms with Crippen LogP contribution in [0.25, 0.3) is 11.5 Å². The predicted molar refractivity (Wildman–Crippen MR) is 102 cm³/mol. The van der Waals surface area contributed by atoms with Gasteiger partial charge in [0.05, 0.1) is 17.9 Å². The molecule has 0 saturated carbocycles. The van der Waals surface area contributed by atoms with Crippen LogP contribution in [0.5, 0.6) is 0 Å². The van der Waals surface area contributed by atoms with Gasteiger partial charge in [0.2, 0.25) is 5.89 Å². The third-order valence-electron chi connectivity index (χ3n) is 3.98. The summed E-state index contributed by atoms with van der Waals surface area (Å²) in [4.78, 5) is 9.01. The van der Waals surface area contributed by atoms with Crippen molar-refractivity contribution >= 4 is 5.96 Å². The van der Waals surface area contributed by atoms with Gasteiger partial charge in [0.25, 0.3) is 0 Å². The van der Waals surface area contributed by atoms with E-state index < -0.39 is 0 Å². The quantitative estimate of drug-likeness (QED) is 0.493. The molecule has 2 N–H and O–H groups in total. The van der Waals surface area contributed by atoms with E-state index in [1.807, 2.05) is 20.0 Å². The standard InChI is InChI=1S/C19H23FN6O/c1-3-21-19(23-12-17-9-11-24-26(17)2)22-10-8-16-13-27-18(25-16)14-4-6-15(20)7-5-14/h4-7,9,11,13H,3,8,10,12H2,1-2H3,(H2,21,22,23). The highest BCUT2D eigenvalue weighted by Crippen LogP contribution is 2.18. The number of benzene rings is 1. The van der Waals surface area contributed by atoms with Crippen molar-refractivity contribution in [3.05, 3.63) is 60.0 Å². The van der Waals surface area contributed by atoms with E-state index in [1.165, 1.54) is 12.1 Å². The van der Waals surface area contributed by atoms with Gasteiger partial charge in [0, 0.05) is 38.3 Å². The van der Waals surface area contributed by atoms with Gasteiger partial charge in [-0.3, -0.25) is 4.68 Å². The van der Waals surface area contributed by atoms with Gasteiger partial charge >= 0.3 is 0 Å². The molecule has 0 fully saturated rings. The number of aromatic nitrogens is 3. The zero-order chi connectivity index (χ0) is 19.1. The zero-order valence-corrected chi connectivity index (χ0v) is 15.4. The van der Waals surface area contributed by atoms with E-state index in [0.717, 1.165) is 29.5 Å². The average Bonchev–Trinajstić information content (AvgIpc) is 3.29. The minimum Gasteiger partial charge on any atom is -0.444 e.